The molecular formula is C17H16N2O3. The summed E-state index contributed by atoms with van der Waals surface area (Å²) in [6, 6.07) is 13.1. The first kappa shape index (κ1) is 14.1. The fraction of sp³-hybridized carbons (Fsp3) is 0.176. The largest absolute Gasteiger partial charge is 0.479 e. The van der Waals surface area contributed by atoms with Crippen LogP contribution >= 0.6 is 0 Å². The normalized spacial score (nSPS) is 12.0. The van der Waals surface area contributed by atoms with E-state index in [1.807, 2.05) is 30.3 Å². The Morgan fingerprint density at radius 1 is 1.27 bits per heavy atom. The minimum atomic E-state index is -0.623. The summed E-state index contributed by atoms with van der Waals surface area (Å²) >= 11 is 0. The lowest BCUT2D eigenvalue weighted by molar-refractivity contribution is -0.127. The first-order chi connectivity index (χ1) is 10.7. The van der Waals surface area contributed by atoms with Gasteiger partial charge in [0.2, 0.25) is 0 Å². The lowest BCUT2D eigenvalue weighted by Crippen LogP contribution is -2.35. The minimum Gasteiger partial charge on any atom is -0.479 e. The lowest BCUT2D eigenvalue weighted by atomic mass is 10.2. The van der Waals surface area contributed by atoms with Crippen LogP contribution in [0, 0.1) is 0 Å². The van der Waals surface area contributed by atoms with E-state index >= 15 is 0 Å². The van der Waals surface area contributed by atoms with Crippen LogP contribution in [0.25, 0.3) is 10.9 Å². The number of nitrogens with zero attached hydrogens (tertiary/aromatic N) is 1. The summed E-state index contributed by atoms with van der Waals surface area (Å²) in [6.07, 6.45) is 2.66. The first-order valence-corrected chi connectivity index (χ1v) is 7.04. The molecule has 5 heteroatoms. The van der Waals surface area contributed by atoms with Crippen LogP contribution in [0.5, 0.6) is 5.75 Å². The second kappa shape index (κ2) is 6.30. The lowest BCUT2D eigenvalue weighted by Gasteiger charge is -2.15. The highest BCUT2D eigenvalue weighted by molar-refractivity contribution is 5.85. The van der Waals surface area contributed by atoms with Crippen LogP contribution in [0.15, 0.2) is 59.3 Å². The Labute approximate surface area is 127 Å². The van der Waals surface area contributed by atoms with E-state index in [2.05, 4.69) is 10.3 Å². The summed E-state index contributed by atoms with van der Waals surface area (Å²) in [6.45, 7) is 2.05. The van der Waals surface area contributed by atoms with Crippen LogP contribution in [0.1, 0.15) is 12.7 Å². The van der Waals surface area contributed by atoms with Gasteiger partial charge in [0.15, 0.2) is 6.10 Å². The van der Waals surface area contributed by atoms with Crippen molar-refractivity contribution in [2.24, 2.45) is 0 Å². The molecule has 112 valence electrons. The zero-order valence-electron chi connectivity index (χ0n) is 12.2. The Bertz CT molecular complexity index is 763. The average Bonchev–Trinajstić information content (AvgIpc) is 3.06. The number of amides is 1. The van der Waals surface area contributed by atoms with E-state index in [0.29, 0.717) is 18.1 Å². The van der Waals surface area contributed by atoms with Crippen molar-refractivity contribution >= 4 is 16.8 Å². The van der Waals surface area contributed by atoms with Gasteiger partial charge in [-0.25, -0.2) is 0 Å². The predicted molar refractivity (Wildman–Crippen MR) is 82.4 cm³/mol. The van der Waals surface area contributed by atoms with Crippen molar-refractivity contribution in [2.75, 3.05) is 0 Å². The number of pyridine rings is 1. The third kappa shape index (κ3) is 3.09. The molecule has 0 unspecified atom stereocenters. The Hall–Kier alpha value is -2.82. The third-order valence-electron chi connectivity index (χ3n) is 3.29. The van der Waals surface area contributed by atoms with Crippen LogP contribution in [0.3, 0.4) is 0 Å². The van der Waals surface area contributed by atoms with Crippen molar-refractivity contribution in [2.45, 2.75) is 19.6 Å². The monoisotopic (exact) mass is 296 g/mol. The molecule has 0 aliphatic heterocycles. The standard InChI is InChI=1S/C17H16N2O3/c1-12(17(20)19-11-14-7-4-10-21-14)22-15-8-2-5-13-6-3-9-18-16(13)15/h2-10,12H,11H2,1H3,(H,19,20)/t12-/m1/s1. The molecule has 1 atom stereocenters. The van der Waals surface area contributed by atoms with Crippen molar-refractivity contribution in [1.82, 2.24) is 10.3 Å². The Balaban J connectivity index is 1.67. The maximum Gasteiger partial charge on any atom is 0.261 e. The summed E-state index contributed by atoms with van der Waals surface area (Å²) in [5.74, 6) is 1.09. The van der Waals surface area contributed by atoms with Gasteiger partial charge in [0.05, 0.1) is 12.8 Å². The number of aromatic nitrogens is 1. The Kier molecular flexibility index (Phi) is 4.05. The number of hydrogen-bond donors (Lipinski definition) is 1. The highest BCUT2D eigenvalue weighted by Gasteiger charge is 2.16. The van der Waals surface area contributed by atoms with Crippen LogP contribution in [0.2, 0.25) is 0 Å². The number of rotatable bonds is 5. The van der Waals surface area contributed by atoms with Crippen molar-refractivity contribution in [3.8, 4) is 5.75 Å². The number of fused-ring (bicyclic) bond motifs is 1. The molecule has 0 bridgehead atoms. The second-order valence-corrected chi connectivity index (χ2v) is 4.89. The van der Waals surface area contributed by atoms with Gasteiger partial charge >= 0.3 is 0 Å². The number of ether oxygens (including phenoxy) is 1. The summed E-state index contributed by atoms with van der Waals surface area (Å²) in [7, 11) is 0. The van der Waals surface area contributed by atoms with Gasteiger partial charge in [-0.2, -0.15) is 0 Å². The van der Waals surface area contributed by atoms with E-state index in [4.69, 9.17) is 9.15 Å². The van der Waals surface area contributed by atoms with Crippen LogP contribution in [-0.4, -0.2) is 17.0 Å². The van der Waals surface area contributed by atoms with Gasteiger partial charge in [-0.15, -0.1) is 0 Å². The molecule has 3 aromatic rings. The molecule has 0 aliphatic rings. The number of carbonyl (C=O) groups excluding carboxylic acids is 1. The molecule has 1 N–H and O–H groups in total. The zero-order chi connectivity index (χ0) is 15.4. The van der Waals surface area contributed by atoms with Crippen molar-refractivity contribution in [3.05, 3.63) is 60.7 Å². The Morgan fingerprint density at radius 2 is 2.14 bits per heavy atom. The first-order valence-electron chi connectivity index (χ1n) is 7.04. The van der Waals surface area contributed by atoms with Crippen LogP contribution < -0.4 is 10.1 Å². The zero-order valence-corrected chi connectivity index (χ0v) is 12.2. The van der Waals surface area contributed by atoms with Crippen molar-refractivity contribution in [1.29, 1.82) is 0 Å². The van der Waals surface area contributed by atoms with E-state index in [0.717, 1.165) is 10.9 Å². The van der Waals surface area contributed by atoms with E-state index in [1.165, 1.54) is 0 Å². The summed E-state index contributed by atoms with van der Waals surface area (Å²) in [5, 5.41) is 3.75. The highest BCUT2D eigenvalue weighted by atomic mass is 16.5. The quantitative estimate of drug-likeness (QED) is 0.786. The summed E-state index contributed by atoms with van der Waals surface area (Å²) < 4.78 is 10.9. The fourth-order valence-corrected chi connectivity index (χ4v) is 2.15. The SMILES string of the molecule is C[C@@H](Oc1cccc2cccnc12)C(=O)NCc1ccco1. The smallest absolute Gasteiger partial charge is 0.261 e. The molecule has 0 radical (unpaired) electrons. The van der Waals surface area contributed by atoms with Crippen molar-refractivity contribution in [3.63, 3.8) is 0 Å². The summed E-state index contributed by atoms with van der Waals surface area (Å²) in [5.41, 5.74) is 0.746. The number of hydrogen-bond acceptors (Lipinski definition) is 4. The maximum atomic E-state index is 12.1. The number of benzene rings is 1. The second-order valence-electron chi connectivity index (χ2n) is 4.89. The highest BCUT2D eigenvalue weighted by Crippen LogP contribution is 2.23. The molecule has 5 nitrogen and oxygen atoms in total. The fourth-order valence-electron chi connectivity index (χ4n) is 2.15. The number of nitrogens with one attached hydrogen (secondary N) is 1. The van der Waals surface area contributed by atoms with E-state index in [-0.39, 0.29) is 5.91 Å². The molecule has 0 saturated carbocycles. The molecule has 22 heavy (non-hydrogen) atoms. The number of para-hydroxylation sites is 1. The van der Waals surface area contributed by atoms with Gasteiger partial charge in [0.25, 0.3) is 5.91 Å². The Morgan fingerprint density at radius 3 is 2.95 bits per heavy atom. The minimum absolute atomic E-state index is 0.204. The molecule has 3 rings (SSSR count). The van der Waals surface area contributed by atoms with Gasteiger partial charge in [-0.1, -0.05) is 18.2 Å². The van der Waals surface area contributed by atoms with Gasteiger partial charge in [-0.3, -0.25) is 9.78 Å². The molecule has 0 saturated heterocycles. The third-order valence-corrected chi connectivity index (χ3v) is 3.29. The van der Waals surface area contributed by atoms with Gasteiger partial charge in [0.1, 0.15) is 17.0 Å². The van der Waals surface area contributed by atoms with Crippen molar-refractivity contribution < 1.29 is 13.9 Å². The maximum absolute atomic E-state index is 12.1. The van der Waals surface area contributed by atoms with E-state index < -0.39 is 6.10 Å². The number of furan rings is 1. The molecule has 1 amide bonds. The predicted octanol–water partition coefficient (Wildman–Crippen LogP) is 2.91. The van der Waals surface area contributed by atoms with Gasteiger partial charge in [-0.05, 0) is 31.2 Å². The van der Waals surface area contributed by atoms with Gasteiger partial charge < -0.3 is 14.5 Å². The van der Waals surface area contributed by atoms with Gasteiger partial charge in [0, 0.05) is 11.6 Å². The van der Waals surface area contributed by atoms with Crippen LogP contribution in [-0.2, 0) is 11.3 Å². The molecule has 0 fully saturated rings. The van der Waals surface area contributed by atoms with E-state index in [1.54, 1.807) is 31.5 Å². The molecule has 1 aromatic carbocycles. The molecule has 0 spiro atoms. The topological polar surface area (TPSA) is 64.4 Å². The molecular weight excluding hydrogens is 280 g/mol. The number of carbonyl (C=O) groups is 1. The molecule has 2 aromatic heterocycles. The average molecular weight is 296 g/mol. The summed E-state index contributed by atoms with van der Waals surface area (Å²) in [4.78, 5) is 16.4. The molecule has 2 heterocycles. The van der Waals surface area contributed by atoms with Crippen LogP contribution in [0.4, 0.5) is 0 Å². The van der Waals surface area contributed by atoms with E-state index in [9.17, 15) is 4.79 Å². The molecule has 0 aliphatic carbocycles.